The van der Waals surface area contributed by atoms with E-state index < -0.39 is 0 Å². The van der Waals surface area contributed by atoms with Crippen molar-refractivity contribution < 1.29 is 5.11 Å². The summed E-state index contributed by atoms with van der Waals surface area (Å²) in [5.41, 5.74) is 3.21. The Hall–Kier alpha value is -1.97. The van der Waals surface area contributed by atoms with Gasteiger partial charge in [-0.05, 0) is 12.1 Å². The van der Waals surface area contributed by atoms with Crippen molar-refractivity contribution in [2.75, 3.05) is 5.32 Å². The van der Waals surface area contributed by atoms with Crippen LogP contribution in [-0.4, -0.2) is 14.9 Å². The molecule has 0 bridgehead atoms. The van der Waals surface area contributed by atoms with Gasteiger partial charge in [0.05, 0.1) is 5.69 Å². The Balaban J connectivity index is 2.16. The highest BCUT2D eigenvalue weighted by Gasteiger charge is 2.21. The van der Waals surface area contributed by atoms with E-state index in [9.17, 15) is 5.11 Å². The summed E-state index contributed by atoms with van der Waals surface area (Å²) in [6.07, 6.45) is 2.04. The fraction of sp³-hybridized carbons (Fsp3) is 0.400. The van der Waals surface area contributed by atoms with Crippen LogP contribution in [0.5, 0.6) is 5.75 Å². The summed E-state index contributed by atoms with van der Waals surface area (Å²) >= 11 is 0. The maximum Gasteiger partial charge on any atom is 0.117 e. The van der Waals surface area contributed by atoms with Crippen LogP contribution in [0.1, 0.15) is 32.0 Å². The van der Waals surface area contributed by atoms with Crippen LogP contribution < -0.4 is 5.32 Å². The molecule has 0 aliphatic rings. The number of anilines is 1. The summed E-state index contributed by atoms with van der Waals surface area (Å²) < 4.78 is 1.85. The molecule has 2 rings (SSSR count). The molecule has 0 amide bonds. The summed E-state index contributed by atoms with van der Waals surface area (Å²) in [6, 6.07) is 7.14. The van der Waals surface area contributed by atoms with Crippen LogP contribution in [0, 0.1) is 0 Å². The van der Waals surface area contributed by atoms with Crippen LogP contribution in [0.4, 0.5) is 5.69 Å². The van der Waals surface area contributed by atoms with Crippen molar-refractivity contribution in [1.82, 2.24) is 9.78 Å². The normalized spacial score (nSPS) is 11.6. The Labute approximate surface area is 114 Å². The first-order chi connectivity index (χ1) is 8.86. The average Bonchev–Trinajstić information content (AvgIpc) is 2.68. The Morgan fingerprint density at radius 2 is 2.05 bits per heavy atom. The van der Waals surface area contributed by atoms with Crippen LogP contribution in [-0.2, 0) is 19.0 Å². The summed E-state index contributed by atoms with van der Waals surface area (Å²) in [4.78, 5) is 0. The van der Waals surface area contributed by atoms with Gasteiger partial charge in [-0.2, -0.15) is 5.10 Å². The van der Waals surface area contributed by atoms with Crippen molar-refractivity contribution in [1.29, 1.82) is 0 Å². The van der Waals surface area contributed by atoms with Gasteiger partial charge < -0.3 is 10.4 Å². The molecule has 0 radical (unpaired) electrons. The third-order valence-corrected chi connectivity index (χ3v) is 2.94. The predicted molar refractivity (Wildman–Crippen MR) is 77.3 cm³/mol. The number of phenolic OH excluding ortho intramolecular Hbond substituents is 1. The van der Waals surface area contributed by atoms with Gasteiger partial charge in [0.2, 0.25) is 0 Å². The standard InChI is InChI=1S/C15H21N3O/c1-15(2,3)14-11(10-18(4)17-14)9-16-12-6-5-7-13(19)8-12/h5-8,10,16,19H,9H2,1-4H3. The summed E-state index contributed by atoms with van der Waals surface area (Å²) in [7, 11) is 1.94. The van der Waals surface area contributed by atoms with Gasteiger partial charge in [0.1, 0.15) is 5.75 Å². The Morgan fingerprint density at radius 1 is 1.32 bits per heavy atom. The highest BCUT2D eigenvalue weighted by Crippen LogP contribution is 2.25. The number of aryl methyl sites for hydroxylation is 1. The Bertz CT molecular complexity index is 567. The molecule has 4 nitrogen and oxygen atoms in total. The minimum absolute atomic E-state index is 0.0249. The second kappa shape index (κ2) is 4.96. The SMILES string of the molecule is Cn1cc(CNc2cccc(O)c2)c(C(C)(C)C)n1. The van der Waals surface area contributed by atoms with Crippen molar-refractivity contribution >= 4 is 5.69 Å². The van der Waals surface area contributed by atoms with E-state index in [1.165, 1.54) is 5.56 Å². The smallest absolute Gasteiger partial charge is 0.117 e. The van der Waals surface area contributed by atoms with E-state index in [1.807, 2.05) is 30.1 Å². The summed E-state index contributed by atoms with van der Waals surface area (Å²) in [5.74, 6) is 0.271. The maximum absolute atomic E-state index is 9.44. The monoisotopic (exact) mass is 259 g/mol. The molecule has 0 atom stereocenters. The van der Waals surface area contributed by atoms with Crippen LogP contribution in [0.25, 0.3) is 0 Å². The van der Waals surface area contributed by atoms with Crippen molar-refractivity contribution in [3.05, 3.63) is 41.7 Å². The molecule has 0 unspecified atom stereocenters. The van der Waals surface area contributed by atoms with Gasteiger partial charge >= 0.3 is 0 Å². The Morgan fingerprint density at radius 3 is 2.68 bits per heavy atom. The van der Waals surface area contributed by atoms with Gasteiger partial charge in [-0.3, -0.25) is 4.68 Å². The van der Waals surface area contributed by atoms with Gasteiger partial charge in [-0.15, -0.1) is 0 Å². The van der Waals surface area contributed by atoms with Gasteiger partial charge in [0, 0.05) is 42.5 Å². The zero-order valence-electron chi connectivity index (χ0n) is 11.9. The number of nitrogens with zero attached hydrogens (tertiary/aromatic N) is 2. The molecule has 1 aromatic carbocycles. The average molecular weight is 259 g/mol. The van der Waals surface area contributed by atoms with Gasteiger partial charge in [-0.25, -0.2) is 0 Å². The van der Waals surface area contributed by atoms with E-state index in [2.05, 4.69) is 31.2 Å². The first-order valence-electron chi connectivity index (χ1n) is 6.42. The van der Waals surface area contributed by atoms with Crippen LogP contribution in [0.3, 0.4) is 0 Å². The lowest BCUT2D eigenvalue weighted by Crippen LogP contribution is -2.16. The van der Waals surface area contributed by atoms with Crippen LogP contribution in [0.15, 0.2) is 30.5 Å². The molecular formula is C15H21N3O. The zero-order valence-corrected chi connectivity index (χ0v) is 11.9. The van der Waals surface area contributed by atoms with E-state index in [4.69, 9.17) is 0 Å². The lowest BCUT2D eigenvalue weighted by molar-refractivity contribution is 0.475. The molecule has 0 saturated carbocycles. The predicted octanol–water partition coefficient (Wildman–Crippen LogP) is 3.04. The van der Waals surface area contributed by atoms with Crippen LogP contribution >= 0.6 is 0 Å². The second-order valence-electron chi connectivity index (χ2n) is 5.83. The van der Waals surface area contributed by atoms with Crippen LogP contribution in [0.2, 0.25) is 0 Å². The zero-order chi connectivity index (χ0) is 14.0. The molecule has 2 N–H and O–H groups in total. The number of aromatic hydroxyl groups is 1. The molecule has 0 fully saturated rings. The van der Waals surface area contributed by atoms with E-state index in [1.54, 1.807) is 12.1 Å². The molecule has 0 aliphatic heterocycles. The minimum Gasteiger partial charge on any atom is -0.508 e. The maximum atomic E-state index is 9.44. The summed E-state index contributed by atoms with van der Waals surface area (Å²) in [5, 5.41) is 17.3. The first kappa shape index (κ1) is 13.5. The molecule has 4 heteroatoms. The first-order valence-corrected chi connectivity index (χ1v) is 6.42. The van der Waals surface area contributed by atoms with E-state index in [0.29, 0.717) is 6.54 Å². The fourth-order valence-corrected chi connectivity index (χ4v) is 2.11. The summed E-state index contributed by atoms with van der Waals surface area (Å²) in [6.45, 7) is 7.18. The number of rotatable bonds is 3. The van der Waals surface area contributed by atoms with E-state index in [-0.39, 0.29) is 11.2 Å². The largest absolute Gasteiger partial charge is 0.508 e. The van der Waals surface area contributed by atoms with Gasteiger partial charge in [0.25, 0.3) is 0 Å². The third-order valence-electron chi connectivity index (χ3n) is 2.94. The molecule has 0 spiro atoms. The molecule has 0 saturated heterocycles. The number of hydrogen-bond acceptors (Lipinski definition) is 3. The lowest BCUT2D eigenvalue weighted by atomic mass is 9.89. The molecule has 0 aliphatic carbocycles. The third kappa shape index (κ3) is 3.28. The highest BCUT2D eigenvalue weighted by molar-refractivity contribution is 5.48. The molecule has 1 aromatic heterocycles. The minimum atomic E-state index is 0.0249. The molecular weight excluding hydrogens is 238 g/mol. The topological polar surface area (TPSA) is 50.1 Å². The molecule has 1 heterocycles. The van der Waals surface area contributed by atoms with Crippen molar-refractivity contribution in [2.24, 2.45) is 7.05 Å². The van der Waals surface area contributed by atoms with Gasteiger partial charge in [0.15, 0.2) is 0 Å². The van der Waals surface area contributed by atoms with Crippen molar-refractivity contribution in [2.45, 2.75) is 32.7 Å². The van der Waals surface area contributed by atoms with Crippen molar-refractivity contribution in [3.63, 3.8) is 0 Å². The van der Waals surface area contributed by atoms with Crippen molar-refractivity contribution in [3.8, 4) is 5.75 Å². The number of phenols is 1. The number of benzene rings is 1. The number of nitrogens with one attached hydrogen (secondary N) is 1. The quantitative estimate of drug-likeness (QED) is 0.890. The highest BCUT2D eigenvalue weighted by atomic mass is 16.3. The number of aromatic nitrogens is 2. The van der Waals surface area contributed by atoms with E-state index in [0.717, 1.165) is 11.4 Å². The fourth-order valence-electron chi connectivity index (χ4n) is 2.11. The molecule has 102 valence electrons. The Kier molecular flexibility index (Phi) is 3.51. The lowest BCUT2D eigenvalue weighted by Gasteiger charge is -2.18. The van der Waals surface area contributed by atoms with Gasteiger partial charge in [-0.1, -0.05) is 26.8 Å². The second-order valence-corrected chi connectivity index (χ2v) is 5.83. The molecule has 19 heavy (non-hydrogen) atoms. The molecule has 2 aromatic rings. The van der Waals surface area contributed by atoms with E-state index >= 15 is 0 Å². The number of hydrogen-bond donors (Lipinski definition) is 2.